The number of aromatic nitrogens is 4. The molecule has 2 aromatic rings. The zero-order valence-electron chi connectivity index (χ0n) is 15.2. The molecule has 1 aliphatic heterocycles. The fourth-order valence-corrected chi connectivity index (χ4v) is 4.59. The quantitative estimate of drug-likeness (QED) is 0.826. The van der Waals surface area contributed by atoms with E-state index in [1.165, 1.54) is 18.5 Å². The van der Waals surface area contributed by atoms with Crippen LogP contribution in [-0.4, -0.2) is 67.7 Å². The lowest BCUT2D eigenvalue weighted by Gasteiger charge is -2.40. The van der Waals surface area contributed by atoms with Gasteiger partial charge < -0.3 is 10.4 Å². The summed E-state index contributed by atoms with van der Waals surface area (Å²) in [5, 5.41) is 23.4. The van der Waals surface area contributed by atoms with Crippen molar-refractivity contribution in [1.82, 2.24) is 30.4 Å². The van der Waals surface area contributed by atoms with Crippen LogP contribution in [0.5, 0.6) is 0 Å². The first-order chi connectivity index (χ1) is 13.5. The summed E-state index contributed by atoms with van der Waals surface area (Å²) in [7, 11) is 0. The van der Waals surface area contributed by atoms with Gasteiger partial charge in [0.1, 0.15) is 12.0 Å². The molecule has 0 radical (unpaired) electrons. The fourth-order valence-electron chi connectivity index (χ4n) is 4.59. The number of piperidine rings is 1. The average Bonchev–Trinajstić information content (AvgIpc) is 3.31. The number of hydrogen-bond donors (Lipinski definition) is 2. The Hall–Kier alpha value is -2.62. The summed E-state index contributed by atoms with van der Waals surface area (Å²) in [5.74, 6) is -0.140. The van der Waals surface area contributed by atoms with E-state index in [1.807, 2.05) is 4.90 Å². The van der Waals surface area contributed by atoms with E-state index in [-0.39, 0.29) is 36.8 Å². The predicted molar refractivity (Wildman–Crippen MR) is 95.1 cm³/mol. The minimum absolute atomic E-state index is 0.0686. The van der Waals surface area contributed by atoms with Gasteiger partial charge in [0.25, 0.3) is 0 Å². The minimum atomic E-state index is -1.15. The Labute approximate surface area is 160 Å². The summed E-state index contributed by atoms with van der Waals surface area (Å²) >= 11 is 0. The lowest BCUT2D eigenvalue weighted by molar-refractivity contribution is 0.0574. The van der Waals surface area contributed by atoms with Crippen LogP contribution in [0, 0.1) is 5.82 Å². The average molecular weight is 392 g/mol. The van der Waals surface area contributed by atoms with Crippen molar-refractivity contribution in [3.63, 3.8) is 0 Å². The molecule has 2 N–H and O–H groups in total. The molecular weight excluding hydrogens is 370 g/mol. The lowest BCUT2D eigenvalue weighted by Crippen LogP contribution is -2.55. The number of carboxylic acid groups (broad SMARTS) is 1. The number of alkyl halides is 1. The molecule has 1 aromatic carbocycles. The van der Waals surface area contributed by atoms with Crippen LogP contribution in [-0.2, 0) is 0 Å². The van der Waals surface area contributed by atoms with Crippen molar-refractivity contribution in [1.29, 1.82) is 0 Å². The topological polar surface area (TPSA) is 96.2 Å². The van der Waals surface area contributed by atoms with Crippen LogP contribution in [0.3, 0.4) is 0 Å². The van der Waals surface area contributed by atoms with E-state index in [0.29, 0.717) is 6.54 Å². The third kappa shape index (κ3) is 3.96. The molecule has 0 bridgehead atoms. The van der Waals surface area contributed by atoms with Crippen molar-refractivity contribution in [2.45, 2.75) is 49.5 Å². The molecule has 3 unspecified atom stereocenters. The van der Waals surface area contributed by atoms with Gasteiger partial charge in [0, 0.05) is 31.6 Å². The second-order valence-corrected chi connectivity index (χ2v) is 7.54. The summed E-state index contributed by atoms with van der Waals surface area (Å²) in [4.78, 5) is 14.5. The van der Waals surface area contributed by atoms with Crippen LogP contribution < -0.4 is 5.32 Å². The highest BCUT2D eigenvalue weighted by Crippen LogP contribution is 2.43. The van der Waals surface area contributed by atoms with Gasteiger partial charge in [0.2, 0.25) is 0 Å². The highest BCUT2D eigenvalue weighted by atomic mass is 19.1. The summed E-state index contributed by atoms with van der Waals surface area (Å²) in [6.45, 7) is 0.669. The first-order valence-electron chi connectivity index (χ1n) is 9.35. The first-order valence-corrected chi connectivity index (χ1v) is 9.35. The van der Waals surface area contributed by atoms with E-state index >= 15 is 0 Å². The molecule has 10 heteroatoms. The fraction of sp³-hybridized carbons (Fsp3) is 0.556. The van der Waals surface area contributed by atoms with Gasteiger partial charge in [0.15, 0.2) is 6.33 Å². The van der Waals surface area contributed by atoms with Crippen molar-refractivity contribution in [2.75, 3.05) is 13.1 Å². The molecule has 1 aliphatic carbocycles. The third-order valence-electron chi connectivity index (χ3n) is 5.72. The molecule has 5 atom stereocenters. The Morgan fingerprint density at radius 1 is 1.14 bits per heavy atom. The molecule has 1 saturated carbocycles. The van der Waals surface area contributed by atoms with E-state index in [9.17, 15) is 13.6 Å². The number of benzene rings is 1. The number of nitrogens with one attached hydrogen (secondary N) is 1. The normalized spacial score (nSPS) is 31.0. The molecule has 8 nitrogen and oxygen atoms in total. The molecule has 150 valence electrons. The van der Waals surface area contributed by atoms with Crippen molar-refractivity contribution >= 4 is 6.09 Å². The van der Waals surface area contributed by atoms with Gasteiger partial charge in [-0.3, -0.25) is 4.90 Å². The number of nitrogens with zero attached hydrogens (tertiary/aromatic N) is 5. The molecule has 1 aromatic heterocycles. The van der Waals surface area contributed by atoms with Crippen molar-refractivity contribution in [3.05, 3.63) is 42.0 Å². The third-order valence-corrected chi connectivity index (χ3v) is 5.72. The molecular formula is C18H22F2N6O2. The molecule has 2 heterocycles. The minimum Gasteiger partial charge on any atom is -0.465 e. The summed E-state index contributed by atoms with van der Waals surface area (Å²) in [5.41, 5.74) is 1.02. The maximum Gasteiger partial charge on any atom is 0.404 e. The van der Waals surface area contributed by atoms with Crippen molar-refractivity contribution in [3.8, 4) is 0 Å². The Morgan fingerprint density at radius 3 is 2.57 bits per heavy atom. The largest absolute Gasteiger partial charge is 0.465 e. The lowest BCUT2D eigenvalue weighted by atomic mass is 9.96. The number of likely N-dealkylation sites (tertiary alicyclic amines) is 1. The number of carbonyl (C=O) groups is 1. The number of amides is 1. The van der Waals surface area contributed by atoms with Gasteiger partial charge in [-0.25, -0.2) is 13.6 Å². The van der Waals surface area contributed by atoms with Gasteiger partial charge in [-0.05, 0) is 41.7 Å². The van der Waals surface area contributed by atoms with Crippen LogP contribution >= 0.6 is 0 Å². The summed E-state index contributed by atoms with van der Waals surface area (Å²) in [6, 6.07) is 5.78. The van der Waals surface area contributed by atoms with Gasteiger partial charge in [-0.2, -0.15) is 4.80 Å². The molecule has 4 rings (SSSR count). The number of tetrazole rings is 1. The Bertz CT molecular complexity index is 803. The summed E-state index contributed by atoms with van der Waals surface area (Å²) < 4.78 is 27.6. The zero-order chi connectivity index (χ0) is 19.7. The van der Waals surface area contributed by atoms with Crippen LogP contribution in [0.15, 0.2) is 30.6 Å². The standard InChI is InChI=1S/C18H22F2N6O2/c19-13-3-1-11(2-4-13)12-5-16(17(6-12)26-22-10-21-24-26)25-8-14(20)7-15(9-25)23-18(27)28/h1-4,10,12,14-17,23H,5-9H2,(H,27,28)/t12?,14-,15-,16?,17?/m1/s1. The highest BCUT2D eigenvalue weighted by molar-refractivity contribution is 5.64. The van der Waals surface area contributed by atoms with Crippen LogP contribution in [0.25, 0.3) is 0 Å². The SMILES string of the molecule is O=C(O)N[C@@H]1C[C@@H](F)CN(C2CC(c3ccc(F)cc3)CC2n2ncnn2)C1. The number of halogens is 2. The van der Waals surface area contributed by atoms with Gasteiger partial charge in [-0.15, -0.1) is 10.2 Å². The van der Waals surface area contributed by atoms with Crippen LogP contribution in [0.1, 0.15) is 36.8 Å². The molecule has 0 spiro atoms. The van der Waals surface area contributed by atoms with Crippen molar-refractivity contribution in [2.24, 2.45) is 0 Å². The predicted octanol–water partition coefficient (Wildman–Crippen LogP) is 1.98. The van der Waals surface area contributed by atoms with E-state index in [0.717, 1.165) is 18.4 Å². The van der Waals surface area contributed by atoms with Crippen molar-refractivity contribution < 1.29 is 18.7 Å². The molecule has 28 heavy (non-hydrogen) atoms. The second kappa shape index (κ2) is 7.78. The van der Waals surface area contributed by atoms with Crippen LogP contribution in [0.2, 0.25) is 0 Å². The smallest absolute Gasteiger partial charge is 0.404 e. The number of rotatable bonds is 4. The monoisotopic (exact) mass is 392 g/mol. The Balaban J connectivity index is 1.57. The molecule has 2 fully saturated rings. The van der Waals surface area contributed by atoms with E-state index < -0.39 is 18.3 Å². The van der Waals surface area contributed by atoms with Gasteiger partial charge >= 0.3 is 6.09 Å². The maximum absolute atomic E-state index is 14.4. The van der Waals surface area contributed by atoms with Gasteiger partial charge in [-0.1, -0.05) is 12.1 Å². The zero-order valence-corrected chi connectivity index (χ0v) is 15.2. The van der Waals surface area contributed by atoms with E-state index in [1.54, 1.807) is 16.9 Å². The Morgan fingerprint density at radius 2 is 1.89 bits per heavy atom. The summed E-state index contributed by atoms with van der Waals surface area (Å²) in [6.07, 6.45) is 0.722. The second-order valence-electron chi connectivity index (χ2n) is 7.54. The molecule has 2 aliphatic rings. The van der Waals surface area contributed by atoms with E-state index in [4.69, 9.17) is 5.11 Å². The first kappa shape index (κ1) is 18.7. The van der Waals surface area contributed by atoms with Gasteiger partial charge in [0.05, 0.1) is 6.04 Å². The Kier molecular flexibility index (Phi) is 5.21. The maximum atomic E-state index is 14.4. The molecule has 1 saturated heterocycles. The number of hydrogen-bond acceptors (Lipinski definition) is 5. The van der Waals surface area contributed by atoms with E-state index in [2.05, 4.69) is 20.7 Å². The highest BCUT2D eigenvalue weighted by Gasteiger charge is 2.43. The van der Waals surface area contributed by atoms with Crippen LogP contribution in [0.4, 0.5) is 13.6 Å². The molecule has 1 amide bonds.